The first kappa shape index (κ1) is 13.3. The van der Waals surface area contributed by atoms with Gasteiger partial charge in [-0.05, 0) is 37.6 Å². The smallest absolute Gasteiger partial charge is 0.243 e. The van der Waals surface area contributed by atoms with Crippen LogP contribution in [-0.4, -0.2) is 43.6 Å². The molecular formula is C12H17NO4S. The van der Waals surface area contributed by atoms with E-state index in [-0.39, 0.29) is 11.4 Å². The van der Waals surface area contributed by atoms with Crippen molar-refractivity contribution in [3.63, 3.8) is 0 Å². The Hall–Kier alpha value is -1.11. The van der Waals surface area contributed by atoms with Gasteiger partial charge in [0.15, 0.2) is 0 Å². The highest BCUT2D eigenvalue weighted by Crippen LogP contribution is 2.23. The van der Waals surface area contributed by atoms with Crippen molar-refractivity contribution >= 4 is 10.0 Å². The molecule has 0 spiro atoms. The van der Waals surface area contributed by atoms with Crippen molar-refractivity contribution in [1.29, 1.82) is 0 Å². The summed E-state index contributed by atoms with van der Waals surface area (Å²) in [6, 6.07) is 6.35. The monoisotopic (exact) mass is 271 g/mol. The number of hydrogen-bond donors (Lipinski definition) is 1. The van der Waals surface area contributed by atoms with Gasteiger partial charge in [0.2, 0.25) is 10.0 Å². The first-order valence-electron chi connectivity index (χ1n) is 5.95. The van der Waals surface area contributed by atoms with E-state index in [9.17, 15) is 13.5 Å². The maximum absolute atomic E-state index is 12.2. The Labute approximate surface area is 107 Å². The van der Waals surface area contributed by atoms with Crippen LogP contribution in [0.2, 0.25) is 0 Å². The van der Waals surface area contributed by atoms with E-state index >= 15 is 0 Å². The summed E-state index contributed by atoms with van der Waals surface area (Å²) in [5, 5.41) is 9.40. The molecule has 1 aromatic rings. The third kappa shape index (κ3) is 2.66. The van der Waals surface area contributed by atoms with Crippen molar-refractivity contribution < 1.29 is 18.3 Å². The predicted molar refractivity (Wildman–Crippen MR) is 67.0 cm³/mol. The molecule has 18 heavy (non-hydrogen) atoms. The molecule has 1 saturated heterocycles. The normalized spacial score (nSPS) is 21.1. The second kappa shape index (κ2) is 5.26. The minimum atomic E-state index is -3.49. The third-order valence-corrected chi connectivity index (χ3v) is 4.78. The Morgan fingerprint density at radius 1 is 1.39 bits per heavy atom. The molecule has 1 atom stereocenters. The van der Waals surface area contributed by atoms with E-state index in [1.165, 1.54) is 16.4 Å². The molecule has 2 rings (SSSR count). The molecule has 1 N–H and O–H groups in total. The molecule has 0 amide bonds. The Morgan fingerprint density at radius 2 is 2.06 bits per heavy atom. The lowest BCUT2D eigenvalue weighted by molar-refractivity contribution is 0.189. The fourth-order valence-electron chi connectivity index (χ4n) is 1.95. The average molecular weight is 271 g/mol. The predicted octanol–water partition coefficient (Wildman–Crippen LogP) is 0.841. The molecular weight excluding hydrogens is 254 g/mol. The standard InChI is InChI=1S/C12H17NO4S/c1-2-17-11-3-5-12(6-4-11)18(15,16)13-8-7-10(14)9-13/h3-6,10,14H,2,7-9H2,1H3/t10-/m1/s1. The van der Waals surface area contributed by atoms with Crippen LogP contribution in [0.15, 0.2) is 29.2 Å². The van der Waals surface area contributed by atoms with E-state index in [2.05, 4.69) is 0 Å². The lowest BCUT2D eigenvalue weighted by atomic mass is 10.3. The maximum Gasteiger partial charge on any atom is 0.243 e. The molecule has 6 heteroatoms. The van der Waals surface area contributed by atoms with Gasteiger partial charge in [0.05, 0.1) is 17.6 Å². The largest absolute Gasteiger partial charge is 0.494 e. The molecule has 1 aliphatic rings. The molecule has 0 unspecified atom stereocenters. The van der Waals surface area contributed by atoms with Crippen LogP contribution >= 0.6 is 0 Å². The van der Waals surface area contributed by atoms with Crippen molar-refractivity contribution in [2.24, 2.45) is 0 Å². The quantitative estimate of drug-likeness (QED) is 0.881. The number of benzene rings is 1. The molecule has 0 saturated carbocycles. The van der Waals surface area contributed by atoms with Gasteiger partial charge in [0.1, 0.15) is 5.75 Å². The van der Waals surface area contributed by atoms with Crippen LogP contribution in [0.5, 0.6) is 5.75 Å². The van der Waals surface area contributed by atoms with Gasteiger partial charge >= 0.3 is 0 Å². The molecule has 0 aliphatic carbocycles. The summed E-state index contributed by atoms with van der Waals surface area (Å²) in [5.41, 5.74) is 0. The van der Waals surface area contributed by atoms with Crippen LogP contribution in [-0.2, 0) is 10.0 Å². The highest BCUT2D eigenvalue weighted by molar-refractivity contribution is 7.89. The maximum atomic E-state index is 12.2. The molecule has 1 aliphatic heterocycles. The molecule has 5 nitrogen and oxygen atoms in total. The van der Waals surface area contributed by atoms with Crippen LogP contribution in [0.1, 0.15) is 13.3 Å². The minimum absolute atomic E-state index is 0.176. The number of aliphatic hydroxyl groups is 1. The van der Waals surface area contributed by atoms with Crippen molar-refractivity contribution in [3.05, 3.63) is 24.3 Å². The molecule has 1 aromatic carbocycles. The van der Waals surface area contributed by atoms with E-state index in [4.69, 9.17) is 4.74 Å². The summed E-state index contributed by atoms with van der Waals surface area (Å²) in [4.78, 5) is 0.236. The van der Waals surface area contributed by atoms with Crippen molar-refractivity contribution in [3.8, 4) is 5.75 Å². The zero-order chi connectivity index (χ0) is 13.2. The lowest BCUT2D eigenvalue weighted by Gasteiger charge is -2.15. The second-order valence-corrected chi connectivity index (χ2v) is 6.15. The summed E-state index contributed by atoms with van der Waals surface area (Å²) in [5.74, 6) is 0.651. The van der Waals surface area contributed by atoms with Gasteiger partial charge in [-0.15, -0.1) is 0 Å². The number of sulfonamides is 1. The van der Waals surface area contributed by atoms with E-state index in [0.29, 0.717) is 25.3 Å². The first-order chi connectivity index (χ1) is 8.54. The van der Waals surface area contributed by atoms with Crippen molar-refractivity contribution in [1.82, 2.24) is 4.31 Å². The molecule has 0 radical (unpaired) electrons. The zero-order valence-electron chi connectivity index (χ0n) is 10.2. The summed E-state index contributed by atoms with van der Waals surface area (Å²) >= 11 is 0. The third-order valence-electron chi connectivity index (χ3n) is 2.90. The molecule has 0 aromatic heterocycles. The van der Waals surface area contributed by atoms with Gasteiger partial charge in [-0.1, -0.05) is 0 Å². The van der Waals surface area contributed by atoms with Crippen LogP contribution in [0, 0.1) is 0 Å². The van der Waals surface area contributed by atoms with Gasteiger partial charge in [0.25, 0.3) is 0 Å². The van der Waals surface area contributed by atoms with E-state index in [1.807, 2.05) is 6.92 Å². The van der Waals surface area contributed by atoms with Crippen LogP contribution in [0.25, 0.3) is 0 Å². The number of β-amino-alcohol motifs (C(OH)–C–C–N with tert-alkyl or cyclic N) is 1. The van der Waals surface area contributed by atoms with Crippen LogP contribution < -0.4 is 4.74 Å². The van der Waals surface area contributed by atoms with Gasteiger partial charge in [0, 0.05) is 13.1 Å². The second-order valence-electron chi connectivity index (χ2n) is 4.21. The van der Waals surface area contributed by atoms with Crippen LogP contribution in [0.3, 0.4) is 0 Å². The Morgan fingerprint density at radius 3 is 2.56 bits per heavy atom. The van der Waals surface area contributed by atoms with Gasteiger partial charge in [-0.3, -0.25) is 0 Å². The number of hydrogen-bond acceptors (Lipinski definition) is 4. The van der Waals surface area contributed by atoms with E-state index in [1.54, 1.807) is 12.1 Å². The highest BCUT2D eigenvalue weighted by Gasteiger charge is 2.31. The summed E-state index contributed by atoms with van der Waals surface area (Å²) in [7, 11) is -3.49. The Balaban J connectivity index is 2.19. The van der Waals surface area contributed by atoms with Crippen molar-refractivity contribution in [2.45, 2.75) is 24.3 Å². The molecule has 1 heterocycles. The minimum Gasteiger partial charge on any atom is -0.494 e. The topological polar surface area (TPSA) is 66.8 Å². The summed E-state index contributed by atoms with van der Waals surface area (Å²) < 4.78 is 31.0. The van der Waals surface area contributed by atoms with Crippen molar-refractivity contribution in [2.75, 3.05) is 19.7 Å². The summed E-state index contributed by atoms with van der Waals surface area (Å²) in [6.07, 6.45) is -0.0570. The SMILES string of the molecule is CCOc1ccc(S(=O)(=O)N2CC[C@@H](O)C2)cc1. The summed E-state index contributed by atoms with van der Waals surface area (Å²) in [6.45, 7) is 2.97. The number of ether oxygens (including phenoxy) is 1. The molecule has 1 fully saturated rings. The number of nitrogens with zero attached hydrogens (tertiary/aromatic N) is 1. The Bertz CT molecular complexity index is 497. The zero-order valence-corrected chi connectivity index (χ0v) is 11.1. The van der Waals surface area contributed by atoms with E-state index < -0.39 is 16.1 Å². The number of aliphatic hydroxyl groups excluding tert-OH is 1. The molecule has 100 valence electrons. The fourth-order valence-corrected chi connectivity index (χ4v) is 3.44. The number of rotatable bonds is 4. The van der Waals surface area contributed by atoms with Gasteiger partial charge in [-0.2, -0.15) is 4.31 Å². The Kier molecular flexibility index (Phi) is 3.89. The average Bonchev–Trinajstić information content (AvgIpc) is 2.78. The van der Waals surface area contributed by atoms with Crippen LogP contribution in [0.4, 0.5) is 0 Å². The van der Waals surface area contributed by atoms with E-state index in [0.717, 1.165) is 0 Å². The molecule has 0 bridgehead atoms. The lowest BCUT2D eigenvalue weighted by Crippen LogP contribution is -2.29. The fraction of sp³-hybridized carbons (Fsp3) is 0.500. The van der Waals surface area contributed by atoms with Gasteiger partial charge < -0.3 is 9.84 Å². The van der Waals surface area contributed by atoms with Gasteiger partial charge in [-0.25, -0.2) is 8.42 Å². The first-order valence-corrected chi connectivity index (χ1v) is 7.39. The highest BCUT2D eigenvalue weighted by atomic mass is 32.2.